The van der Waals surface area contributed by atoms with Crippen LogP contribution in [0.4, 0.5) is 0 Å². The molecule has 1 fully saturated rings. The minimum Gasteiger partial charge on any atom is -0.328 e. The molecule has 0 aromatic heterocycles. The van der Waals surface area contributed by atoms with Gasteiger partial charge in [0.1, 0.15) is 0 Å². The Hall–Kier alpha value is -0.0800. The largest absolute Gasteiger partial charge is 0.328 e. The Labute approximate surface area is 114 Å². The predicted octanol–water partition coefficient (Wildman–Crippen LogP) is 3.54. The van der Waals surface area contributed by atoms with Gasteiger partial charge in [0.15, 0.2) is 0 Å². The van der Waals surface area contributed by atoms with Crippen LogP contribution >= 0.6 is 0 Å². The lowest BCUT2D eigenvalue weighted by Crippen LogP contribution is -2.44. The fourth-order valence-electron chi connectivity index (χ4n) is 3.82. The van der Waals surface area contributed by atoms with Crippen molar-refractivity contribution in [2.24, 2.45) is 34.6 Å². The van der Waals surface area contributed by atoms with Gasteiger partial charge in [-0.25, -0.2) is 0 Å². The van der Waals surface area contributed by atoms with Crippen LogP contribution in [-0.2, 0) is 0 Å². The minimum absolute atomic E-state index is 0.344. The van der Waals surface area contributed by atoms with Crippen molar-refractivity contribution >= 4 is 0 Å². The Balaban J connectivity index is 2.55. The van der Waals surface area contributed by atoms with Crippen LogP contribution in [0, 0.1) is 23.2 Å². The summed E-state index contributed by atoms with van der Waals surface area (Å²) in [6.07, 6.45) is 6.21. The zero-order valence-electron chi connectivity index (χ0n) is 13.1. The van der Waals surface area contributed by atoms with E-state index in [1.54, 1.807) is 0 Å². The highest BCUT2D eigenvalue weighted by Crippen LogP contribution is 2.46. The lowest BCUT2D eigenvalue weighted by molar-refractivity contribution is 0.0478. The van der Waals surface area contributed by atoms with Crippen molar-refractivity contribution in [3.8, 4) is 0 Å². The minimum atomic E-state index is 0.344. The maximum Gasteiger partial charge on any atom is 0.00672 e. The first-order valence-electron chi connectivity index (χ1n) is 7.77. The van der Waals surface area contributed by atoms with E-state index in [0.29, 0.717) is 23.4 Å². The number of hydrogen-bond donors (Lipinski definition) is 2. The second-order valence-corrected chi connectivity index (χ2v) is 7.42. The van der Waals surface area contributed by atoms with Gasteiger partial charge in [0.25, 0.3) is 0 Å². The lowest BCUT2D eigenvalue weighted by atomic mass is 9.60. The normalized spacial score (nSPS) is 35.5. The third-order valence-electron chi connectivity index (χ3n) is 5.43. The molecule has 0 aromatic rings. The summed E-state index contributed by atoms with van der Waals surface area (Å²) in [5, 5.41) is 0. The smallest absolute Gasteiger partial charge is 0.00672 e. The van der Waals surface area contributed by atoms with E-state index in [-0.39, 0.29) is 0 Å². The molecule has 0 spiro atoms. The van der Waals surface area contributed by atoms with Crippen molar-refractivity contribution in [3.05, 3.63) is 0 Å². The Kier molecular flexibility index (Phi) is 5.67. The molecule has 0 bridgehead atoms. The Bertz CT molecular complexity index is 247. The van der Waals surface area contributed by atoms with Crippen molar-refractivity contribution in [1.29, 1.82) is 0 Å². The average molecular weight is 254 g/mol. The van der Waals surface area contributed by atoms with Gasteiger partial charge in [0, 0.05) is 12.1 Å². The van der Waals surface area contributed by atoms with Crippen LogP contribution in [0.5, 0.6) is 0 Å². The van der Waals surface area contributed by atoms with E-state index < -0.39 is 0 Å². The topological polar surface area (TPSA) is 52.0 Å². The van der Waals surface area contributed by atoms with Crippen LogP contribution in [0.15, 0.2) is 0 Å². The van der Waals surface area contributed by atoms with Crippen molar-refractivity contribution in [1.82, 2.24) is 0 Å². The van der Waals surface area contributed by atoms with Crippen molar-refractivity contribution in [3.63, 3.8) is 0 Å². The van der Waals surface area contributed by atoms with Gasteiger partial charge < -0.3 is 11.5 Å². The molecule has 0 heterocycles. The molecule has 1 rings (SSSR count). The van der Waals surface area contributed by atoms with E-state index in [2.05, 4.69) is 34.6 Å². The Morgan fingerprint density at radius 1 is 1.17 bits per heavy atom. The molecule has 1 aliphatic rings. The molecule has 5 unspecified atom stereocenters. The predicted molar refractivity (Wildman–Crippen MR) is 80.3 cm³/mol. The molecular formula is C16H34N2. The monoisotopic (exact) mass is 254 g/mol. The molecule has 2 nitrogen and oxygen atoms in total. The molecule has 0 saturated heterocycles. The molecule has 4 N–H and O–H groups in total. The summed E-state index contributed by atoms with van der Waals surface area (Å²) in [5.74, 6) is 2.23. The zero-order valence-corrected chi connectivity index (χ0v) is 13.1. The third-order valence-corrected chi connectivity index (χ3v) is 5.43. The van der Waals surface area contributed by atoms with Gasteiger partial charge >= 0.3 is 0 Å². The highest BCUT2D eigenvalue weighted by Gasteiger charge is 2.40. The van der Waals surface area contributed by atoms with Crippen molar-refractivity contribution in [2.45, 2.75) is 78.8 Å². The van der Waals surface area contributed by atoms with E-state index >= 15 is 0 Å². The van der Waals surface area contributed by atoms with Crippen LogP contribution in [0.1, 0.15) is 66.7 Å². The summed E-state index contributed by atoms with van der Waals surface area (Å²) in [6.45, 7) is 11.7. The first kappa shape index (κ1) is 16.0. The highest BCUT2D eigenvalue weighted by atomic mass is 14.7. The SMILES string of the molecule is CC(N)CCCC(C)(C)C1CCC(N)C(C)C1C. The molecular weight excluding hydrogens is 220 g/mol. The summed E-state index contributed by atoms with van der Waals surface area (Å²) in [5.41, 5.74) is 12.5. The van der Waals surface area contributed by atoms with Gasteiger partial charge in [-0.3, -0.25) is 0 Å². The Morgan fingerprint density at radius 2 is 1.78 bits per heavy atom. The molecule has 1 aliphatic carbocycles. The van der Waals surface area contributed by atoms with E-state index in [9.17, 15) is 0 Å². The van der Waals surface area contributed by atoms with Gasteiger partial charge in [-0.05, 0) is 55.8 Å². The first-order valence-corrected chi connectivity index (χ1v) is 7.77. The van der Waals surface area contributed by atoms with E-state index in [0.717, 1.165) is 18.3 Å². The van der Waals surface area contributed by atoms with Crippen LogP contribution in [0.3, 0.4) is 0 Å². The maximum absolute atomic E-state index is 6.20. The fourth-order valence-corrected chi connectivity index (χ4v) is 3.82. The number of rotatable bonds is 5. The van der Waals surface area contributed by atoms with E-state index in [4.69, 9.17) is 11.5 Å². The van der Waals surface area contributed by atoms with Crippen LogP contribution in [0.25, 0.3) is 0 Å². The van der Waals surface area contributed by atoms with Crippen LogP contribution in [0.2, 0.25) is 0 Å². The molecule has 0 amide bonds. The maximum atomic E-state index is 6.20. The summed E-state index contributed by atoms with van der Waals surface area (Å²) in [4.78, 5) is 0. The number of hydrogen-bond acceptors (Lipinski definition) is 2. The summed E-state index contributed by atoms with van der Waals surface area (Å²) in [6, 6.07) is 0.757. The van der Waals surface area contributed by atoms with Gasteiger partial charge in [-0.2, -0.15) is 0 Å². The van der Waals surface area contributed by atoms with Crippen molar-refractivity contribution < 1.29 is 0 Å². The van der Waals surface area contributed by atoms with Crippen molar-refractivity contribution in [2.75, 3.05) is 0 Å². The second-order valence-electron chi connectivity index (χ2n) is 7.42. The molecule has 0 aliphatic heterocycles. The highest BCUT2D eigenvalue weighted by molar-refractivity contribution is 4.91. The summed E-state index contributed by atoms with van der Waals surface area (Å²) < 4.78 is 0. The second kappa shape index (κ2) is 6.38. The fraction of sp³-hybridized carbons (Fsp3) is 1.00. The summed E-state index contributed by atoms with van der Waals surface area (Å²) in [7, 11) is 0. The van der Waals surface area contributed by atoms with E-state index in [1.165, 1.54) is 25.7 Å². The van der Waals surface area contributed by atoms with Gasteiger partial charge in [-0.15, -0.1) is 0 Å². The molecule has 18 heavy (non-hydrogen) atoms. The quantitative estimate of drug-likeness (QED) is 0.788. The zero-order chi connectivity index (χ0) is 13.9. The van der Waals surface area contributed by atoms with Gasteiger partial charge in [0.2, 0.25) is 0 Å². The third kappa shape index (κ3) is 3.96. The van der Waals surface area contributed by atoms with Gasteiger partial charge in [-0.1, -0.05) is 34.1 Å². The van der Waals surface area contributed by atoms with E-state index in [1.807, 2.05) is 0 Å². The molecule has 108 valence electrons. The standard InChI is InChI=1S/C16H34N2/c1-11(17)7-6-10-16(4,5)14-8-9-15(18)13(3)12(14)2/h11-15H,6-10,17-18H2,1-5H3. The molecule has 5 atom stereocenters. The summed E-state index contributed by atoms with van der Waals surface area (Å²) >= 11 is 0. The Morgan fingerprint density at radius 3 is 2.33 bits per heavy atom. The molecule has 0 aromatic carbocycles. The first-order chi connectivity index (χ1) is 8.25. The molecule has 1 saturated carbocycles. The van der Waals surface area contributed by atoms with Gasteiger partial charge in [0.05, 0.1) is 0 Å². The average Bonchev–Trinajstić information content (AvgIpc) is 2.24. The number of nitrogens with two attached hydrogens (primary N) is 2. The van der Waals surface area contributed by atoms with Crippen LogP contribution < -0.4 is 11.5 Å². The van der Waals surface area contributed by atoms with Crippen LogP contribution in [-0.4, -0.2) is 12.1 Å². The molecule has 2 heteroatoms. The lowest BCUT2D eigenvalue weighted by Gasteiger charge is -2.46. The molecule has 0 radical (unpaired) electrons.